The molecule has 0 atom stereocenters. The summed E-state index contributed by atoms with van der Waals surface area (Å²) in [6.45, 7) is 0. The molecule has 0 N–H and O–H groups in total. The summed E-state index contributed by atoms with van der Waals surface area (Å²) in [7, 11) is 1.62. The van der Waals surface area contributed by atoms with Gasteiger partial charge in [0, 0.05) is 4.90 Å². The predicted molar refractivity (Wildman–Crippen MR) is 49.8 cm³/mol. The van der Waals surface area contributed by atoms with Crippen molar-refractivity contribution < 1.29 is 4.74 Å². The SMILES string of the molecule is COc1cccc(SC)c1Cl. The molecule has 0 aliphatic heterocycles. The molecule has 1 aromatic rings. The highest BCUT2D eigenvalue weighted by atomic mass is 35.5. The summed E-state index contributed by atoms with van der Waals surface area (Å²) < 4.78 is 5.04. The fourth-order valence-electron chi connectivity index (χ4n) is 0.806. The largest absolute Gasteiger partial charge is 0.495 e. The second kappa shape index (κ2) is 3.88. The lowest BCUT2D eigenvalue weighted by Crippen LogP contribution is -1.84. The Morgan fingerprint density at radius 2 is 2.18 bits per heavy atom. The van der Waals surface area contributed by atoms with Gasteiger partial charge < -0.3 is 4.74 Å². The van der Waals surface area contributed by atoms with E-state index in [2.05, 4.69) is 0 Å². The third-order valence-electron chi connectivity index (χ3n) is 1.37. The van der Waals surface area contributed by atoms with Gasteiger partial charge in [0.25, 0.3) is 0 Å². The van der Waals surface area contributed by atoms with E-state index in [1.807, 2.05) is 24.5 Å². The van der Waals surface area contributed by atoms with Gasteiger partial charge in [0.05, 0.1) is 12.1 Å². The zero-order chi connectivity index (χ0) is 8.27. The second-order valence-electron chi connectivity index (χ2n) is 1.98. The molecule has 0 saturated heterocycles. The number of methoxy groups -OCH3 is 1. The van der Waals surface area contributed by atoms with E-state index in [1.54, 1.807) is 18.9 Å². The minimum absolute atomic E-state index is 0.697. The van der Waals surface area contributed by atoms with Crippen LogP contribution < -0.4 is 4.74 Å². The molecule has 0 unspecified atom stereocenters. The van der Waals surface area contributed by atoms with Crippen LogP contribution in [0.15, 0.2) is 23.1 Å². The molecule has 11 heavy (non-hydrogen) atoms. The Kier molecular flexibility index (Phi) is 3.09. The number of rotatable bonds is 2. The topological polar surface area (TPSA) is 9.23 Å². The molecular weight excluding hydrogens is 180 g/mol. The normalized spacial score (nSPS) is 9.73. The molecule has 0 aliphatic carbocycles. The van der Waals surface area contributed by atoms with E-state index in [0.29, 0.717) is 5.02 Å². The quantitative estimate of drug-likeness (QED) is 0.660. The lowest BCUT2D eigenvalue weighted by atomic mass is 10.3. The van der Waals surface area contributed by atoms with Gasteiger partial charge in [-0.15, -0.1) is 11.8 Å². The van der Waals surface area contributed by atoms with Gasteiger partial charge in [0.1, 0.15) is 5.75 Å². The summed E-state index contributed by atoms with van der Waals surface area (Å²) in [6.07, 6.45) is 1.99. The van der Waals surface area contributed by atoms with Crippen molar-refractivity contribution in [2.75, 3.05) is 13.4 Å². The fraction of sp³-hybridized carbons (Fsp3) is 0.250. The van der Waals surface area contributed by atoms with Crippen molar-refractivity contribution in [3.8, 4) is 5.75 Å². The third kappa shape index (κ3) is 1.82. The standard InChI is InChI=1S/C8H9ClOS/c1-10-6-4-3-5-7(11-2)8(6)9/h3-5H,1-2H3. The van der Waals surface area contributed by atoms with E-state index < -0.39 is 0 Å². The highest BCUT2D eigenvalue weighted by Gasteiger charge is 2.03. The second-order valence-corrected chi connectivity index (χ2v) is 3.20. The van der Waals surface area contributed by atoms with Crippen LogP contribution in [-0.4, -0.2) is 13.4 Å². The highest BCUT2D eigenvalue weighted by molar-refractivity contribution is 7.98. The summed E-state index contributed by atoms with van der Waals surface area (Å²) >= 11 is 7.58. The summed E-state index contributed by atoms with van der Waals surface area (Å²) in [5.41, 5.74) is 0. The van der Waals surface area contributed by atoms with E-state index in [-0.39, 0.29) is 0 Å². The van der Waals surface area contributed by atoms with Crippen LogP contribution in [0.5, 0.6) is 5.75 Å². The summed E-state index contributed by atoms with van der Waals surface area (Å²) in [6, 6.07) is 5.74. The summed E-state index contributed by atoms with van der Waals surface area (Å²) in [5.74, 6) is 0.735. The van der Waals surface area contributed by atoms with E-state index in [1.165, 1.54) is 0 Å². The third-order valence-corrected chi connectivity index (χ3v) is 2.65. The monoisotopic (exact) mass is 188 g/mol. The number of benzene rings is 1. The van der Waals surface area contributed by atoms with Crippen molar-refractivity contribution in [2.45, 2.75) is 4.90 Å². The Bertz CT molecular complexity index is 228. The van der Waals surface area contributed by atoms with Gasteiger partial charge in [-0.2, -0.15) is 0 Å². The van der Waals surface area contributed by atoms with Crippen molar-refractivity contribution >= 4 is 23.4 Å². The zero-order valence-electron chi connectivity index (χ0n) is 6.43. The Balaban J connectivity index is 3.10. The first kappa shape index (κ1) is 8.75. The number of hydrogen-bond acceptors (Lipinski definition) is 2. The minimum atomic E-state index is 0.697. The molecule has 0 heterocycles. The molecule has 0 radical (unpaired) electrons. The molecule has 1 rings (SSSR count). The molecule has 0 fully saturated rings. The average Bonchev–Trinajstić information content (AvgIpc) is 2.05. The lowest BCUT2D eigenvalue weighted by molar-refractivity contribution is 0.414. The first-order valence-electron chi connectivity index (χ1n) is 3.16. The highest BCUT2D eigenvalue weighted by Crippen LogP contribution is 2.32. The Morgan fingerprint density at radius 3 is 2.73 bits per heavy atom. The number of hydrogen-bond donors (Lipinski definition) is 0. The van der Waals surface area contributed by atoms with Crippen LogP contribution in [0, 0.1) is 0 Å². The molecule has 1 nitrogen and oxygen atoms in total. The van der Waals surface area contributed by atoms with Crippen LogP contribution in [0.25, 0.3) is 0 Å². The lowest BCUT2D eigenvalue weighted by Gasteiger charge is -2.04. The number of ether oxygens (including phenoxy) is 1. The van der Waals surface area contributed by atoms with Crippen LogP contribution in [0.2, 0.25) is 5.02 Å². The van der Waals surface area contributed by atoms with Gasteiger partial charge in [0.15, 0.2) is 0 Å². The van der Waals surface area contributed by atoms with E-state index >= 15 is 0 Å². The van der Waals surface area contributed by atoms with Crippen LogP contribution in [0.1, 0.15) is 0 Å². The molecule has 60 valence electrons. The van der Waals surface area contributed by atoms with Gasteiger partial charge >= 0.3 is 0 Å². The molecule has 0 saturated carbocycles. The predicted octanol–water partition coefficient (Wildman–Crippen LogP) is 3.07. The summed E-state index contributed by atoms with van der Waals surface area (Å²) in [4.78, 5) is 1.05. The van der Waals surface area contributed by atoms with Gasteiger partial charge in [-0.3, -0.25) is 0 Å². The maximum Gasteiger partial charge on any atom is 0.138 e. The smallest absolute Gasteiger partial charge is 0.138 e. The van der Waals surface area contributed by atoms with Crippen molar-refractivity contribution in [1.29, 1.82) is 0 Å². The van der Waals surface area contributed by atoms with Crippen molar-refractivity contribution in [3.63, 3.8) is 0 Å². The maximum absolute atomic E-state index is 5.96. The zero-order valence-corrected chi connectivity index (χ0v) is 8.00. The van der Waals surface area contributed by atoms with Crippen LogP contribution in [0.3, 0.4) is 0 Å². The van der Waals surface area contributed by atoms with Crippen molar-refractivity contribution in [2.24, 2.45) is 0 Å². The van der Waals surface area contributed by atoms with Gasteiger partial charge in [-0.1, -0.05) is 17.7 Å². The Hall–Kier alpha value is -0.340. The first-order chi connectivity index (χ1) is 5.29. The molecule has 0 aromatic heterocycles. The van der Waals surface area contributed by atoms with Crippen LogP contribution in [0.4, 0.5) is 0 Å². The fourth-order valence-corrected chi connectivity index (χ4v) is 1.74. The van der Waals surface area contributed by atoms with E-state index in [0.717, 1.165) is 10.6 Å². The number of thioether (sulfide) groups is 1. The van der Waals surface area contributed by atoms with Crippen molar-refractivity contribution in [1.82, 2.24) is 0 Å². The molecule has 1 aromatic carbocycles. The van der Waals surface area contributed by atoms with Crippen molar-refractivity contribution in [3.05, 3.63) is 23.2 Å². The molecule has 0 bridgehead atoms. The van der Waals surface area contributed by atoms with Gasteiger partial charge in [-0.25, -0.2) is 0 Å². The van der Waals surface area contributed by atoms with E-state index in [9.17, 15) is 0 Å². The van der Waals surface area contributed by atoms with Crippen LogP contribution in [-0.2, 0) is 0 Å². The first-order valence-corrected chi connectivity index (χ1v) is 4.76. The van der Waals surface area contributed by atoms with Crippen LogP contribution >= 0.6 is 23.4 Å². The molecule has 0 amide bonds. The average molecular weight is 189 g/mol. The molecular formula is C8H9ClOS. The minimum Gasteiger partial charge on any atom is -0.495 e. The Morgan fingerprint density at radius 1 is 1.45 bits per heavy atom. The van der Waals surface area contributed by atoms with E-state index in [4.69, 9.17) is 16.3 Å². The summed E-state index contributed by atoms with van der Waals surface area (Å²) in [5, 5.41) is 0.697. The molecule has 0 aliphatic rings. The maximum atomic E-state index is 5.96. The molecule has 0 spiro atoms. The number of halogens is 1. The van der Waals surface area contributed by atoms with Gasteiger partial charge in [0.2, 0.25) is 0 Å². The molecule has 3 heteroatoms. The Labute approximate surface area is 75.7 Å². The van der Waals surface area contributed by atoms with Gasteiger partial charge in [-0.05, 0) is 18.4 Å².